The third-order valence-corrected chi connectivity index (χ3v) is 4.86. The van der Waals surface area contributed by atoms with Crippen LogP contribution in [0.25, 0.3) is 17.3 Å². The fraction of sp³-hybridized carbons (Fsp3) is 0.286. The van der Waals surface area contributed by atoms with Crippen LogP contribution in [0.5, 0.6) is 5.75 Å². The number of imidazole rings is 1. The molecule has 3 heterocycles. The third kappa shape index (κ3) is 3.46. The highest BCUT2D eigenvalue weighted by atomic mass is 19.1. The Balaban J connectivity index is 1.63. The van der Waals surface area contributed by atoms with Crippen LogP contribution in [-0.4, -0.2) is 47.5 Å². The second-order valence-corrected chi connectivity index (χ2v) is 6.78. The van der Waals surface area contributed by atoms with Crippen molar-refractivity contribution in [1.82, 2.24) is 14.7 Å². The van der Waals surface area contributed by atoms with Gasteiger partial charge in [-0.25, -0.2) is 9.37 Å². The molecular formula is C21H23FN4O2. The van der Waals surface area contributed by atoms with E-state index in [1.165, 1.54) is 6.07 Å². The third-order valence-electron chi connectivity index (χ3n) is 4.86. The van der Waals surface area contributed by atoms with Crippen LogP contribution in [0.4, 0.5) is 10.1 Å². The Morgan fingerprint density at radius 1 is 1.36 bits per heavy atom. The summed E-state index contributed by atoms with van der Waals surface area (Å²) in [7, 11) is 2.02. The standard InChI is InChI=1S/C21H23FN4O2/c1-3-23-8-10-25(2)15-7-6-14-11-16(21(27)28-19(14)12-15)18-13-26-9-4-5-17(22)20(26)24-18/h4-7,9,11-13,21,23,27H,3,8,10H2,1-2H3. The Labute approximate surface area is 162 Å². The molecule has 0 saturated heterocycles. The van der Waals surface area contributed by atoms with Gasteiger partial charge in [0.1, 0.15) is 5.75 Å². The van der Waals surface area contributed by atoms with Crippen molar-refractivity contribution in [3.63, 3.8) is 0 Å². The summed E-state index contributed by atoms with van der Waals surface area (Å²) < 4.78 is 21.3. The van der Waals surface area contributed by atoms with Gasteiger partial charge in [-0.05, 0) is 36.9 Å². The molecule has 3 aromatic rings. The van der Waals surface area contributed by atoms with E-state index < -0.39 is 12.1 Å². The van der Waals surface area contributed by atoms with Crippen molar-refractivity contribution in [2.45, 2.75) is 13.2 Å². The number of anilines is 1. The lowest BCUT2D eigenvalue weighted by atomic mass is 10.0. The van der Waals surface area contributed by atoms with Gasteiger partial charge in [0.05, 0.1) is 5.69 Å². The maximum atomic E-state index is 13.9. The van der Waals surface area contributed by atoms with Gasteiger partial charge in [-0.15, -0.1) is 0 Å². The van der Waals surface area contributed by atoms with E-state index in [9.17, 15) is 9.50 Å². The van der Waals surface area contributed by atoms with Crippen molar-refractivity contribution in [2.24, 2.45) is 0 Å². The molecule has 1 aliphatic rings. The molecule has 28 heavy (non-hydrogen) atoms. The number of aliphatic hydroxyl groups excluding tert-OH is 1. The minimum Gasteiger partial charge on any atom is -0.460 e. The van der Waals surface area contributed by atoms with E-state index in [0.29, 0.717) is 17.0 Å². The molecule has 7 heteroatoms. The summed E-state index contributed by atoms with van der Waals surface area (Å²) in [4.78, 5) is 6.44. The summed E-state index contributed by atoms with van der Waals surface area (Å²) in [6, 6.07) is 8.86. The fourth-order valence-electron chi connectivity index (χ4n) is 3.28. The molecule has 6 nitrogen and oxygen atoms in total. The maximum Gasteiger partial charge on any atom is 0.226 e. The smallest absolute Gasteiger partial charge is 0.226 e. The average Bonchev–Trinajstić information content (AvgIpc) is 3.12. The molecule has 0 fully saturated rings. The first-order valence-corrected chi connectivity index (χ1v) is 9.32. The van der Waals surface area contributed by atoms with E-state index in [0.717, 1.165) is 30.9 Å². The van der Waals surface area contributed by atoms with Crippen LogP contribution in [0.15, 0.2) is 42.7 Å². The first kappa shape index (κ1) is 18.5. The SMILES string of the molecule is CCNCCN(C)c1ccc2c(c1)OC(O)C(c1cn3cccc(F)c3n1)=C2. The number of benzene rings is 1. The molecule has 4 rings (SSSR count). The van der Waals surface area contributed by atoms with Gasteiger partial charge < -0.3 is 24.5 Å². The molecule has 0 bridgehead atoms. The molecule has 2 N–H and O–H groups in total. The molecule has 0 spiro atoms. The van der Waals surface area contributed by atoms with Gasteiger partial charge in [0.15, 0.2) is 11.5 Å². The van der Waals surface area contributed by atoms with Gasteiger partial charge in [-0.1, -0.05) is 6.92 Å². The van der Waals surface area contributed by atoms with Crippen LogP contribution < -0.4 is 15.0 Å². The zero-order chi connectivity index (χ0) is 19.7. The minimum absolute atomic E-state index is 0.217. The summed E-state index contributed by atoms with van der Waals surface area (Å²) in [5.74, 6) is 0.199. The number of pyridine rings is 1. The lowest BCUT2D eigenvalue weighted by molar-refractivity contribution is 0.0318. The zero-order valence-electron chi connectivity index (χ0n) is 15.9. The van der Waals surface area contributed by atoms with E-state index in [4.69, 9.17) is 4.74 Å². The molecule has 2 aromatic heterocycles. The van der Waals surface area contributed by atoms with Gasteiger partial charge in [0, 0.05) is 55.4 Å². The Hall–Kier alpha value is -2.90. The van der Waals surface area contributed by atoms with Gasteiger partial charge in [-0.2, -0.15) is 0 Å². The molecule has 0 aliphatic carbocycles. The van der Waals surface area contributed by atoms with Crippen LogP contribution in [-0.2, 0) is 0 Å². The summed E-state index contributed by atoms with van der Waals surface area (Å²) in [6.07, 6.45) is 4.08. The van der Waals surface area contributed by atoms with Crippen molar-refractivity contribution >= 4 is 23.0 Å². The predicted molar refractivity (Wildman–Crippen MR) is 108 cm³/mol. The number of halogens is 1. The molecule has 146 valence electrons. The summed E-state index contributed by atoms with van der Waals surface area (Å²) in [5, 5.41) is 13.8. The molecule has 1 aromatic carbocycles. The fourth-order valence-corrected chi connectivity index (χ4v) is 3.28. The zero-order valence-corrected chi connectivity index (χ0v) is 15.9. The Bertz CT molecular complexity index is 1030. The highest BCUT2D eigenvalue weighted by Gasteiger charge is 2.24. The maximum absolute atomic E-state index is 13.9. The number of likely N-dealkylation sites (N-methyl/N-ethyl adjacent to an activating group) is 2. The number of fused-ring (bicyclic) bond motifs is 2. The predicted octanol–water partition coefficient (Wildman–Crippen LogP) is 2.77. The average molecular weight is 382 g/mol. The van der Waals surface area contributed by atoms with Gasteiger partial charge in [0.2, 0.25) is 6.29 Å². The largest absolute Gasteiger partial charge is 0.460 e. The normalized spacial score (nSPS) is 15.9. The quantitative estimate of drug-likeness (QED) is 0.642. The Kier molecular flexibility index (Phi) is 5.02. The molecule has 1 unspecified atom stereocenters. The van der Waals surface area contributed by atoms with Crippen molar-refractivity contribution in [3.05, 3.63) is 59.8 Å². The van der Waals surface area contributed by atoms with Gasteiger partial charge >= 0.3 is 0 Å². The van der Waals surface area contributed by atoms with Crippen molar-refractivity contribution < 1.29 is 14.2 Å². The van der Waals surface area contributed by atoms with Crippen LogP contribution in [0, 0.1) is 5.82 Å². The molecule has 0 amide bonds. The number of nitrogens with one attached hydrogen (secondary N) is 1. The van der Waals surface area contributed by atoms with Crippen molar-refractivity contribution in [3.8, 4) is 5.75 Å². The summed E-state index contributed by atoms with van der Waals surface area (Å²) in [6.45, 7) is 4.77. The lowest BCUT2D eigenvalue weighted by Gasteiger charge is -2.25. The number of nitrogens with zero attached hydrogens (tertiary/aromatic N) is 3. The number of aliphatic hydroxyl groups is 1. The molecular weight excluding hydrogens is 359 g/mol. The molecule has 1 atom stereocenters. The minimum atomic E-state index is -1.16. The monoisotopic (exact) mass is 382 g/mol. The van der Waals surface area contributed by atoms with Crippen molar-refractivity contribution in [1.29, 1.82) is 0 Å². The number of rotatable bonds is 6. The summed E-state index contributed by atoms with van der Waals surface area (Å²) >= 11 is 0. The highest BCUT2D eigenvalue weighted by molar-refractivity contribution is 5.86. The van der Waals surface area contributed by atoms with Gasteiger partial charge in [-0.3, -0.25) is 0 Å². The van der Waals surface area contributed by atoms with Crippen LogP contribution in [0.3, 0.4) is 0 Å². The number of hydrogen-bond acceptors (Lipinski definition) is 5. The first-order valence-electron chi connectivity index (χ1n) is 9.32. The second kappa shape index (κ2) is 7.61. The van der Waals surface area contributed by atoms with E-state index in [-0.39, 0.29) is 5.65 Å². The number of hydrogen-bond donors (Lipinski definition) is 2. The van der Waals surface area contributed by atoms with Crippen LogP contribution >= 0.6 is 0 Å². The summed E-state index contributed by atoms with van der Waals surface area (Å²) in [5.41, 5.74) is 3.06. The first-order chi connectivity index (χ1) is 13.6. The van der Waals surface area contributed by atoms with Crippen molar-refractivity contribution in [2.75, 3.05) is 31.6 Å². The molecule has 1 aliphatic heterocycles. The second-order valence-electron chi connectivity index (χ2n) is 6.78. The van der Waals surface area contributed by atoms with Gasteiger partial charge in [0.25, 0.3) is 0 Å². The Morgan fingerprint density at radius 3 is 3.00 bits per heavy atom. The Morgan fingerprint density at radius 2 is 2.21 bits per heavy atom. The van der Waals surface area contributed by atoms with Crippen LogP contribution in [0.2, 0.25) is 0 Å². The van der Waals surface area contributed by atoms with Crippen LogP contribution in [0.1, 0.15) is 18.2 Å². The van der Waals surface area contributed by atoms with E-state index in [1.807, 2.05) is 31.3 Å². The van der Waals surface area contributed by atoms with E-state index in [1.54, 1.807) is 22.9 Å². The highest BCUT2D eigenvalue weighted by Crippen LogP contribution is 2.35. The van der Waals surface area contributed by atoms with E-state index >= 15 is 0 Å². The topological polar surface area (TPSA) is 62.0 Å². The van der Waals surface area contributed by atoms with E-state index in [2.05, 4.69) is 22.1 Å². The number of ether oxygens (including phenoxy) is 1. The molecule has 0 radical (unpaired) electrons. The number of aromatic nitrogens is 2. The molecule has 0 saturated carbocycles. The lowest BCUT2D eigenvalue weighted by Crippen LogP contribution is -2.29.